The lowest BCUT2D eigenvalue weighted by Crippen LogP contribution is -2.14. The van der Waals surface area contributed by atoms with Gasteiger partial charge in [-0.2, -0.15) is 0 Å². The number of carbonyl (C=O) groups is 1. The van der Waals surface area contributed by atoms with Gasteiger partial charge in [-0.25, -0.2) is 0 Å². The fourth-order valence-electron chi connectivity index (χ4n) is 2.35. The first-order valence-electron chi connectivity index (χ1n) is 7.22. The number of hydrogen-bond donors (Lipinski definition) is 1. The second-order valence-corrected chi connectivity index (χ2v) is 7.90. The molecule has 0 radical (unpaired) electrons. The van der Waals surface area contributed by atoms with Crippen LogP contribution in [0, 0.1) is 0 Å². The number of halogens is 2. The molecular formula is C16H10Cl2N4OS2. The van der Waals surface area contributed by atoms with Crippen molar-refractivity contribution in [1.29, 1.82) is 0 Å². The van der Waals surface area contributed by atoms with Crippen molar-refractivity contribution in [3.05, 3.63) is 52.5 Å². The highest BCUT2D eigenvalue weighted by atomic mass is 35.5. The molecule has 2 aromatic heterocycles. The summed E-state index contributed by atoms with van der Waals surface area (Å²) in [6.07, 6.45) is 0. The topological polar surface area (TPSA) is 59.3 Å². The van der Waals surface area contributed by atoms with E-state index in [2.05, 4.69) is 15.5 Å². The predicted octanol–water partition coefficient (Wildman–Crippen LogP) is 4.98. The number of para-hydroxylation sites is 1. The summed E-state index contributed by atoms with van der Waals surface area (Å²) in [5.74, 6) is 0.0604. The highest BCUT2D eigenvalue weighted by Gasteiger charge is 2.14. The Hall–Kier alpha value is -1.80. The van der Waals surface area contributed by atoms with E-state index in [1.807, 2.05) is 28.7 Å². The number of thiazole rings is 1. The molecule has 0 aliphatic carbocycles. The molecule has 126 valence electrons. The minimum absolute atomic E-state index is 0.153. The van der Waals surface area contributed by atoms with Crippen LogP contribution in [0.25, 0.3) is 15.2 Å². The van der Waals surface area contributed by atoms with E-state index in [-0.39, 0.29) is 11.7 Å². The number of nitrogens with zero attached hydrogens (tertiary/aromatic N) is 3. The molecule has 2 heterocycles. The predicted molar refractivity (Wildman–Crippen MR) is 104 cm³/mol. The zero-order valence-corrected chi connectivity index (χ0v) is 15.7. The Kier molecular flexibility index (Phi) is 4.56. The number of benzene rings is 2. The Morgan fingerprint density at radius 2 is 2.00 bits per heavy atom. The average Bonchev–Trinajstić information content (AvgIpc) is 3.15. The van der Waals surface area contributed by atoms with E-state index in [4.69, 9.17) is 23.2 Å². The molecule has 0 fully saturated rings. The summed E-state index contributed by atoms with van der Waals surface area (Å²) in [6, 6.07) is 13.0. The molecule has 0 atom stereocenters. The molecule has 4 rings (SSSR count). The van der Waals surface area contributed by atoms with E-state index >= 15 is 0 Å². The van der Waals surface area contributed by atoms with E-state index in [1.54, 1.807) is 29.5 Å². The Balaban J connectivity index is 1.50. The Bertz CT molecular complexity index is 1090. The van der Waals surface area contributed by atoms with Gasteiger partial charge in [-0.15, -0.1) is 10.2 Å². The molecule has 0 aliphatic heterocycles. The molecule has 0 spiro atoms. The van der Waals surface area contributed by atoms with Crippen LogP contribution in [0.4, 0.5) is 5.69 Å². The average molecular weight is 409 g/mol. The lowest BCUT2D eigenvalue weighted by molar-refractivity contribution is -0.113. The monoisotopic (exact) mass is 408 g/mol. The van der Waals surface area contributed by atoms with Crippen LogP contribution in [0.15, 0.2) is 47.6 Å². The summed E-state index contributed by atoms with van der Waals surface area (Å²) in [5.41, 5.74) is 1.65. The zero-order chi connectivity index (χ0) is 17.4. The van der Waals surface area contributed by atoms with Gasteiger partial charge in [0, 0.05) is 5.69 Å². The van der Waals surface area contributed by atoms with Crippen LogP contribution in [-0.4, -0.2) is 26.3 Å². The number of hydrogen-bond acceptors (Lipinski definition) is 5. The molecule has 5 nitrogen and oxygen atoms in total. The van der Waals surface area contributed by atoms with Crippen LogP contribution >= 0.6 is 46.3 Å². The van der Waals surface area contributed by atoms with Gasteiger partial charge in [0.05, 0.1) is 26.0 Å². The first-order chi connectivity index (χ1) is 12.1. The number of amides is 1. The summed E-state index contributed by atoms with van der Waals surface area (Å²) in [5, 5.41) is 12.7. The summed E-state index contributed by atoms with van der Waals surface area (Å²) in [7, 11) is 0. The normalized spacial score (nSPS) is 11.3. The van der Waals surface area contributed by atoms with E-state index in [0.29, 0.717) is 20.9 Å². The van der Waals surface area contributed by atoms with Gasteiger partial charge < -0.3 is 5.32 Å². The quantitative estimate of drug-likeness (QED) is 0.483. The molecule has 0 bridgehead atoms. The third-order valence-electron chi connectivity index (χ3n) is 3.45. The highest BCUT2D eigenvalue weighted by Crippen LogP contribution is 2.29. The van der Waals surface area contributed by atoms with E-state index in [9.17, 15) is 4.79 Å². The van der Waals surface area contributed by atoms with Crippen LogP contribution in [0.2, 0.25) is 10.0 Å². The van der Waals surface area contributed by atoms with Gasteiger partial charge >= 0.3 is 0 Å². The number of anilines is 1. The maximum Gasteiger partial charge on any atom is 0.234 e. The molecule has 0 saturated heterocycles. The van der Waals surface area contributed by atoms with Crippen LogP contribution < -0.4 is 5.32 Å². The molecule has 9 heteroatoms. The molecule has 4 aromatic rings. The lowest BCUT2D eigenvalue weighted by Gasteiger charge is -2.05. The van der Waals surface area contributed by atoms with Crippen molar-refractivity contribution >= 4 is 73.1 Å². The first kappa shape index (κ1) is 16.7. The van der Waals surface area contributed by atoms with Crippen molar-refractivity contribution in [2.45, 2.75) is 5.16 Å². The molecular weight excluding hydrogens is 399 g/mol. The number of aromatic nitrogens is 3. The Labute approximate surface area is 161 Å². The SMILES string of the molecule is O=C(CSc1nnc2sc3ccccc3n12)Nc1ccc(Cl)c(Cl)c1. The zero-order valence-electron chi connectivity index (χ0n) is 12.6. The summed E-state index contributed by atoms with van der Waals surface area (Å²) in [4.78, 5) is 13.0. The van der Waals surface area contributed by atoms with E-state index in [0.717, 1.165) is 15.2 Å². The number of rotatable bonds is 4. The third-order valence-corrected chi connectivity index (χ3v) is 6.13. The molecule has 0 saturated carbocycles. The Morgan fingerprint density at radius 3 is 2.84 bits per heavy atom. The summed E-state index contributed by atoms with van der Waals surface area (Å²) < 4.78 is 3.10. The van der Waals surface area contributed by atoms with Gasteiger partial charge in [0.2, 0.25) is 10.9 Å². The van der Waals surface area contributed by atoms with Crippen molar-refractivity contribution < 1.29 is 4.79 Å². The fraction of sp³-hybridized carbons (Fsp3) is 0.0625. The van der Waals surface area contributed by atoms with Crippen molar-refractivity contribution in [2.24, 2.45) is 0 Å². The second-order valence-electron chi connectivity index (χ2n) is 5.14. The lowest BCUT2D eigenvalue weighted by atomic mass is 10.3. The minimum Gasteiger partial charge on any atom is -0.325 e. The van der Waals surface area contributed by atoms with Gasteiger partial charge in [-0.3, -0.25) is 9.20 Å². The highest BCUT2D eigenvalue weighted by molar-refractivity contribution is 7.99. The van der Waals surface area contributed by atoms with Crippen molar-refractivity contribution in [3.8, 4) is 0 Å². The number of thioether (sulfide) groups is 1. The van der Waals surface area contributed by atoms with Gasteiger partial charge in [0.1, 0.15) is 0 Å². The molecule has 1 N–H and O–H groups in total. The molecule has 1 amide bonds. The number of fused-ring (bicyclic) bond motifs is 3. The summed E-state index contributed by atoms with van der Waals surface area (Å²) in [6.45, 7) is 0. The maximum atomic E-state index is 12.2. The fourth-order valence-corrected chi connectivity index (χ4v) is 4.42. The standard InChI is InChI=1S/C16H10Cl2N4OS2/c17-10-6-5-9(7-11(10)18)19-14(23)8-24-15-20-21-16-22(15)12-3-1-2-4-13(12)25-16/h1-7H,8H2,(H,19,23). The van der Waals surface area contributed by atoms with Crippen LogP contribution in [0.3, 0.4) is 0 Å². The van der Waals surface area contributed by atoms with Crippen molar-refractivity contribution in [1.82, 2.24) is 14.6 Å². The molecule has 25 heavy (non-hydrogen) atoms. The van der Waals surface area contributed by atoms with E-state index in [1.165, 1.54) is 11.8 Å². The van der Waals surface area contributed by atoms with Gasteiger partial charge in [0.15, 0.2) is 5.16 Å². The molecule has 0 aliphatic rings. The van der Waals surface area contributed by atoms with Crippen LogP contribution in [0.1, 0.15) is 0 Å². The van der Waals surface area contributed by atoms with Gasteiger partial charge in [0.25, 0.3) is 0 Å². The third kappa shape index (κ3) is 3.32. The Morgan fingerprint density at radius 1 is 1.16 bits per heavy atom. The van der Waals surface area contributed by atoms with Gasteiger partial charge in [-0.05, 0) is 30.3 Å². The second kappa shape index (κ2) is 6.84. The van der Waals surface area contributed by atoms with Crippen molar-refractivity contribution in [3.63, 3.8) is 0 Å². The number of nitrogens with one attached hydrogen (secondary N) is 1. The molecule has 0 unspecified atom stereocenters. The van der Waals surface area contributed by atoms with E-state index < -0.39 is 0 Å². The van der Waals surface area contributed by atoms with Crippen LogP contribution in [0.5, 0.6) is 0 Å². The minimum atomic E-state index is -0.153. The number of carbonyl (C=O) groups excluding carboxylic acids is 1. The smallest absolute Gasteiger partial charge is 0.234 e. The summed E-state index contributed by atoms with van der Waals surface area (Å²) >= 11 is 14.7. The van der Waals surface area contributed by atoms with Crippen molar-refractivity contribution in [2.75, 3.05) is 11.1 Å². The van der Waals surface area contributed by atoms with Crippen LogP contribution in [-0.2, 0) is 4.79 Å². The first-order valence-corrected chi connectivity index (χ1v) is 9.78. The largest absolute Gasteiger partial charge is 0.325 e. The molecule has 2 aromatic carbocycles. The van der Waals surface area contributed by atoms with Gasteiger partial charge in [-0.1, -0.05) is 58.4 Å². The maximum absolute atomic E-state index is 12.2.